The van der Waals surface area contributed by atoms with Gasteiger partial charge in [0.25, 0.3) is 0 Å². The van der Waals surface area contributed by atoms with Gasteiger partial charge in [0.15, 0.2) is 5.82 Å². The molecule has 0 unspecified atom stereocenters. The Morgan fingerprint density at radius 2 is 2.25 bits per heavy atom. The van der Waals surface area contributed by atoms with E-state index >= 15 is 0 Å². The number of anilines is 1. The Balaban J connectivity index is 2.08. The molecule has 16 heavy (non-hydrogen) atoms. The average molecular weight is 220 g/mol. The van der Waals surface area contributed by atoms with E-state index in [4.69, 9.17) is 4.42 Å². The highest BCUT2D eigenvalue weighted by Gasteiger charge is 2.05. The van der Waals surface area contributed by atoms with Crippen LogP contribution in [0.5, 0.6) is 0 Å². The Bertz CT molecular complexity index is 494. The first-order valence-electron chi connectivity index (χ1n) is 5.06. The second kappa shape index (κ2) is 4.35. The predicted molar refractivity (Wildman–Crippen MR) is 59.7 cm³/mol. The second-order valence-electron chi connectivity index (χ2n) is 3.65. The first kappa shape index (κ1) is 10.7. The quantitative estimate of drug-likeness (QED) is 0.863. The van der Waals surface area contributed by atoms with Crippen LogP contribution in [0.2, 0.25) is 0 Å². The molecule has 1 N–H and O–H groups in total. The van der Waals surface area contributed by atoms with Gasteiger partial charge in [0, 0.05) is 18.3 Å². The minimum atomic E-state index is -0.347. The number of rotatable bonds is 3. The third kappa shape index (κ3) is 2.21. The van der Waals surface area contributed by atoms with Gasteiger partial charge in [-0.25, -0.2) is 4.39 Å². The largest absolute Gasteiger partial charge is 0.466 e. The molecule has 2 heterocycles. The monoisotopic (exact) mass is 220 g/mol. The number of aromatic nitrogens is 1. The van der Waals surface area contributed by atoms with Crippen LogP contribution in [0.1, 0.15) is 17.1 Å². The summed E-state index contributed by atoms with van der Waals surface area (Å²) < 4.78 is 18.6. The minimum absolute atomic E-state index is 0.347. The Morgan fingerprint density at radius 3 is 2.88 bits per heavy atom. The maximum atomic E-state index is 13.2. The Morgan fingerprint density at radius 1 is 1.44 bits per heavy atom. The molecule has 0 spiro atoms. The van der Waals surface area contributed by atoms with E-state index in [1.165, 1.54) is 6.20 Å². The fraction of sp³-hybridized carbons (Fsp3) is 0.250. The number of hydrogen-bond acceptors (Lipinski definition) is 3. The number of furan rings is 1. The Kier molecular flexibility index (Phi) is 2.90. The smallest absolute Gasteiger partial charge is 0.164 e. The number of halogens is 1. The molecule has 0 aliphatic heterocycles. The summed E-state index contributed by atoms with van der Waals surface area (Å²) >= 11 is 0. The third-order valence-electron chi connectivity index (χ3n) is 2.39. The van der Waals surface area contributed by atoms with Crippen LogP contribution in [0, 0.1) is 19.7 Å². The van der Waals surface area contributed by atoms with Crippen molar-refractivity contribution in [2.24, 2.45) is 0 Å². The molecule has 4 heteroatoms. The Labute approximate surface area is 93.3 Å². The molecule has 0 fully saturated rings. The summed E-state index contributed by atoms with van der Waals surface area (Å²) in [5.41, 5.74) is 1.49. The summed E-state index contributed by atoms with van der Waals surface area (Å²) in [7, 11) is 0. The van der Waals surface area contributed by atoms with Gasteiger partial charge in [-0.3, -0.25) is 4.98 Å². The molecule has 2 rings (SSSR count). The van der Waals surface area contributed by atoms with E-state index in [0.29, 0.717) is 12.2 Å². The zero-order valence-electron chi connectivity index (χ0n) is 9.25. The molecular weight excluding hydrogens is 207 g/mol. The highest BCUT2D eigenvalue weighted by Crippen LogP contribution is 2.17. The van der Waals surface area contributed by atoms with Crippen LogP contribution in [0.25, 0.3) is 0 Å². The molecule has 0 aromatic carbocycles. The topological polar surface area (TPSA) is 38.1 Å². The molecular formula is C12H13FN2O. The van der Waals surface area contributed by atoms with Gasteiger partial charge in [-0.15, -0.1) is 0 Å². The standard InChI is InChI=1S/C12H13FN2O/c1-8-5-10(9(2)16-8)6-15-12-3-4-14-7-11(12)13/h3-5,7H,6H2,1-2H3,(H,14,15). The average Bonchev–Trinajstić information content (AvgIpc) is 2.56. The van der Waals surface area contributed by atoms with Crippen molar-refractivity contribution in [3.05, 3.63) is 47.4 Å². The van der Waals surface area contributed by atoms with Crippen LogP contribution in [0.4, 0.5) is 10.1 Å². The molecule has 0 atom stereocenters. The van der Waals surface area contributed by atoms with Gasteiger partial charge in [0.2, 0.25) is 0 Å². The van der Waals surface area contributed by atoms with Gasteiger partial charge >= 0.3 is 0 Å². The fourth-order valence-corrected chi connectivity index (χ4v) is 1.57. The third-order valence-corrected chi connectivity index (χ3v) is 2.39. The van der Waals surface area contributed by atoms with Crippen LogP contribution < -0.4 is 5.32 Å². The van der Waals surface area contributed by atoms with Gasteiger partial charge in [-0.2, -0.15) is 0 Å². The van der Waals surface area contributed by atoms with Crippen LogP contribution in [0.3, 0.4) is 0 Å². The SMILES string of the molecule is Cc1cc(CNc2ccncc2F)c(C)o1. The molecule has 0 saturated carbocycles. The van der Waals surface area contributed by atoms with Crippen molar-refractivity contribution >= 4 is 5.69 Å². The number of hydrogen-bond donors (Lipinski definition) is 1. The second-order valence-corrected chi connectivity index (χ2v) is 3.65. The number of aryl methyl sites for hydroxylation is 2. The van der Waals surface area contributed by atoms with Crippen LogP contribution >= 0.6 is 0 Å². The summed E-state index contributed by atoms with van der Waals surface area (Å²) in [5, 5.41) is 3.01. The number of nitrogens with zero attached hydrogens (tertiary/aromatic N) is 1. The van der Waals surface area contributed by atoms with Gasteiger partial charge in [0.05, 0.1) is 11.9 Å². The number of nitrogens with one attached hydrogen (secondary N) is 1. The van der Waals surface area contributed by atoms with Gasteiger partial charge in [0.1, 0.15) is 11.5 Å². The predicted octanol–water partition coefficient (Wildman–Crippen LogP) is 3.04. The molecule has 84 valence electrons. The van der Waals surface area contributed by atoms with Crippen molar-refractivity contribution in [1.82, 2.24) is 4.98 Å². The molecule has 3 nitrogen and oxygen atoms in total. The molecule has 0 bridgehead atoms. The van der Waals surface area contributed by atoms with Crippen molar-refractivity contribution in [2.75, 3.05) is 5.32 Å². The minimum Gasteiger partial charge on any atom is -0.466 e. The van der Waals surface area contributed by atoms with E-state index < -0.39 is 0 Å². The molecule has 2 aromatic heterocycles. The lowest BCUT2D eigenvalue weighted by molar-refractivity contribution is 0.501. The summed E-state index contributed by atoms with van der Waals surface area (Å²) in [4.78, 5) is 3.69. The zero-order chi connectivity index (χ0) is 11.5. The van der Waals surface area contributed by atoms with Crippen molar-refractivity contribution in [3.63, 3.8) is 0 Å². The maximum absolute atomic E-state index is 13.2. The molecule has 0 saturated heterocycles. The molecule has 0 aliphatic carbocycles. The maximum Gasteiger partial charge on any atom is 0.164 e. The lowest BCUT2D eigenvalue weighted by atomic mass is 10.2. The van der Waals surface area contributed by atoms with Crippen LogP contribution in [-0.2, 0) is 6.54 Å². The molecule has 0 radical (unpaired) electrons. The van der Waals surface area contributed by atoms with Gasteiger partial charge in [-0.05, 0) is 26.0 Å². The first-order valence-corrected chi connectivity index (χ1v) is 5.06. The molecule has 2 aromatic rings. The molecule has 0 aliphatic rings. The first-order chi connectivity index (χ1) is 7.66. The van der Waals surface area contributed by atoms with Crippen molar-refractivity contribution in [1.29, 1.82) is 0 Å². The highest BCUT2D eigenvalue weighted by atomic mass is 19.1. The normalized spacial score (nSPS) is 10.4. The van der Waals surface area contributed by atoms with Gasteiger partial charge in [-0.1, -0.05) is 0 Å². The van der Waals surface area contributed by atoms with E-state index in [1.807, 2.05) is 19.9 Å². The number of pyridine rings is 1. The zero-order valence-corrected chi connectivity index (χ0v) is 9.25. The van der Waals surface area contributed by atoms with Crippen molar-refractivity contribution in [2.45, 2.75) is 20.4 Å². The lowest BCUT2D eigenvalue weighted by Crippen LogP contribution is -2.01. The summed E-state index contributed by atoms with van der Waals surface area (Å²) in [6.45, 7) is 4.33. The van der Waals surface area contributed by atoms with E-state index in [1.54, 1.807) is 12.3 Å². The van der Waals surface area contributed by atoms with Crippen LogP contribution in [-0.4, -0.2) is 4.98 Å². The van der Waals surface area contributed by atoms with E-state index in [0.717, 1.165) is 17.1 Å². The van der Waals surface area contributed by atoms with Crippen molar-refractivity contribution < 1.29 is 8.81 Å². The summed E-state index contributed by atoms with van der Waals surface area (Å²) in [6, 6.07) is 3.55. The van der Waals surface area contributed by atoms with Crippen LogP contribution in [0.15, 0.2) is 28.9 Å². The summed E-state index contributed by atoms with van der Waals surface area (Å²) in [5.74, 6) is 1.38. The van der Waals surface area contributed by atoms with E-state index in [-0.39, 0.29) is 5.82 Å². The summed E-state index contributed by atoms with van der Waals surface area (Å²) in [6.07, 6.45) is 2.74. The lowest BCUT2D eigenvalue weighted by Gasteiger charge is -2.05. The van der Waals surface area contributed by atoms with Gasteiger partial charge < -0.3 is 9.73 Å². The Hall–Kier alpha value is -1.84. The molecule has 0 amide bonds. The highest BCUT2D eigenvalue weighted by molar-refractivity contribution is 5.43. The fourth-order valence-electron chi connectivity index (χ4n) is 1.57. The van der Waals surface area contributed by atoms with Crippen molar-refractivity contribution in [3.8, 4) is 0 Å². The van der Waals surface area contributed by atoms with E-state index in [9.17, 15) is 4.39 Å². The van der Waals surface area contributed by atoms with E-state index in [2.05, 4.69) is 10.3 Å².